The zero-order valence-electron chi connectivity index (χ0n) is 20.3. The van der Waals surface area contributed by atoms with Crippen LogP contribution in [0.2, 0.25) is 0 Å². The summed E-state index contributed by atoms with van der Waals surface area (Å²) in [6.07, 6.45) is 0.849. The number of aryl methyl sites for hydroxylation is 2. The van der Waals surface area contributed by atoms with Crippen molar-refractivity contribution in [3.05, 3.63) is 47.0 Å². The average Bonchev–Trinajstić information content (AvgIpc) is 3.21. The van der Waals surface area contributed by atoms with E-state index >= 15 is 0 Å². The number of hydrogen-bond acceptors (Lipinski definition) is 6. The lowest BCUT2D eigenvalue weighted by Gasteiger charge is -2.22. The second-order valence-electron chi connectivity index (χ2n) is 8.01. The van der Waals surface area contributed by atoms with Gasteiger partial charge >= 0.3 is 0 Å². The second-order valence-corrected chi connectivity index (χ2v) is 8.99. The highest BCUT2D eigenvalue weighted by Crippen LogP contribution is 2.35. The predicted molar refractivity (Wildman–Crippen MR) is 140 cm³/mol. The van der Waals surface area contributed by atoms with Gasteiger partial charge in [-0.2, -0.15) is 0 Å². The van der Waals surface area contributed by atoms with Crippen molar-refractivity contribution in [1.82, 2.24) is 9.88 Å². The molecule has 0 atom stereocenters. The Morgan fingerprint density at radius 3 is 2.27 bits per heavy atom. The van der Waals surface area contributed by atoms with E-state index in [1.165, 1.54) is 5.56 Å². The number of anilines is 1. The van der Waals surface area contributed by atoms with Gasteiger partial charge in [0.05, 0.1) is 23.4 Å². The molecule has 0 unspecified atom stereocenters. The van der Waals surface area contributed by atoms with Crippen molar-refractivity contribution in [2.24, 2.45) is 0 Å². The number of amides is 1. The Labute approximate surface area is 206 Å². The molecule has 0 aliphatic carbocycles. The topological polar surface area (TPSA) is 54.9 Å². The van der Waals surface area contributed by atoms with E-state index in [-0.39, 0.29) is 18.3 Å². The Morgan fingerprint density at radius 2 is 1.64 bits per heavy atom. The molecule has 0 bridgehead atoms. The largest absolute Gasteiger partial charge is 0.490 e. The number of hydrogen-bond donors (Lipinski definition) is 0. The molecule has 1 heterocycles. The van der Waals surface area contributed by atoms with Crippen LogP contribution >= 0.6 is 23.7 Å². The fourth-order valence-electron chi connectivity index (χ4n) is 3.53. The van der Waals surface area contributed by atoms with Crippen LogP contribution in [0.4, 0.5) is 5.13 Å². The quantitative estimate of drug-likeness (QED) is 0.362. The maximum absolute atomic E-state index is 13.7. The number of halogens is 1. The summed E-state index contributed by atoms with van der Waals surface area (Å²) in [7, 11) is 4.08. The minimum absolute atomic E-state index is 0. The van der Waals surface area contributed by atoms with Gasteiger partial charge in [-0.15, -0.1) is 12.4 Å². The molecule has 0 saturated carbocycles. The van der Waals surface area contributed by atoms with Gasteiger partial charge in [0.15, 0.2) is 16.6 Å². The lowest BCUT2D eigenvalue weighted by Crippen LogP contribution is -2.33. The maximum Gasteiger partial charge on any atom is 0.260 e. The normalized spacial score (nSPS) is 10.9. The van der Waals surface area contributed by atoms with Gasteiger partial charge in [-0.1, -0.05) is 23.5 Å². The molecule has 33 heavy (non-hydrogen) atoms. The molecule has 3 aromatic rings. The van der Waals surface area contributed by atoms with Gasteiger partial charge in [-0.25, -0.2) is 4.98 Å². The molecule has 1 aromatic heterocycles. The first-order valence-electron chi connectivity index (χ1n) is 11.1. The SMILES string of the molecule is CCOc1ccc(C(=O)N(CCCN(C)C)c2nc3c(C)ccc(C)c3s2)cc1OCC.Cl. The van der Waals surface area contributed by atoms with Crippen molar-refractivity contribution in [1.29, 1.82) is 0 Å². The van der Waals surface area contributed by atoms with E-state index in [0.717, 1.165) is 33.9 Å². The van der Waals surface area contributed by atoms with E-state index in [4.69, 9.17) is 14.5 Å². The highest BCUT2D eigenvalue weighted by molar-refractivity contribution is 7.22. The summed E-state index contributed by atoms with van der Waals surface area (Å²) in [5.41, 5.74) is 3.83. The van der Waals surface area contributed by atoms with Crippen LogP contribution in [0, 0.1) is 13.8 Å². The first kappa shape index (κ1) is 26.9. The summed E-state index contributed by atoms with van der Waals surface area (Å²) in [6, 6.07) is 9.59. The van der Waals surface area contributed by atoms with Crippen molar-refractivity contribution in [3.8, 4) is 11.5 Å². The molecule has 1 amide bonds. The lowest BCUT2D eigenvalue weighted by molar-refractivity contribution is 0.0985. The third kappa shape index (κ3) is 6.37. The standard InChI is InChI=1S/C25H33N3O3S.ClH/c1-7-30-20-13-12-19(16-21(20)31-8-2)24(29)28(15-9-14-27(5)6)25-26-22-17(3)10-11-18(4)23(22)32-25;/h10-13,16H,7-9,14-15H2,1-6H3;1H. The van der Waals surface area contributed by atoms with Crippen LogP contribution in [-0.2, 0) is 0 Å². The molecule has 0 aliphatic rings. The Kier molecular flexibility index (Phi) is 9.95. The van der Waals surface area contributed by atoms with Crippen LogP contribution in [0.3, 0.4) is 0 Å². The molecule has 6 nitrogen and oxygen atoms in total. The third-order valence-corrected chi connectivity index (χ3v) is 6.40. The van der Waals surface area contributed by atoms with Crippen LogP contribution in [0.1, 0.15) is 41.8 Å². The molecule has 0 fully saturated rings. The number of carbonyl (C=O) groups excluding carboxylic acids is 1. The fourth-order valence-corrected chi connectivity index (χ4v) is 4.67. The number of thiazole rings is 1. The molecule has 0 N–H and O–H groups in total. The summed E-state index contributed by atoms with van der Waals surface area (Å²) in [6.45, 7) is 10.5. The van der Waals surface area contributed by atoms with Crippen molar-refractivity contribution in [3.63, 3.8) is 0 Å². The molecule has 2 aromatic carbocycles. The predicted octanol–water partition coefficient (Wildman–Crippen LogP) is 5.73. The zero-order chi connectivity index (χ0) is 23.3. The van der Waals surface area contributed by atoms with E-state index in [9.17, 15) is 4.79 Å². The molecular formula is C25H34ClN3O3S. The van der Waals surface area contributed by atoms with Gasteiger partial charge in [0.25, 0.3) is 5.91 Å². The number of rotatable bonds is 10. The molecule has 0 saturated heterocycles. The number of benzene rings is 2. The van der Waals surface area contributed by atoms with Crippen molar-refractivity contribution < 1.29 is 14.3 Å². The van der Waals surface area contributed by atoms with E-state index in [2.05, 4.69) is 30.9 Å². The van der Waals surface area contributed by atoms with Crippen LogP contribution in [-0.4, -0.2) is 56.2 Å². The Hall–Kier alpha value is -2.35. The van der Waals surface area contributed by atoms with E-state index in [1.807, 2.05) is 34.0 Å². The van der Waals surface area contributed by atoms with Gasteiger partial charge in [-0.05, 0) is 84.1 Å². The van der Waals surface area contributed by atoms with Gasteiger partial charge < -0.3 is 14.4 Å². The molecule has 8 heteroatoms. The molecule has 0 spiro atoms. The minimum atomic E-state index is -0.0814. The van der Waals surface area contributed by atoms with E-state index < -0.39 is 0 Å². The summed E-state index contributed by atoms with van der Waals surface area (Å²) in [4.78, 5) is 22.5. The fraction of sp³-hybridized carbons (Fsp3) is 0.440. The van der Waals surface area contributed by atoms with Gasteiger partial charge in [0.2, 0.25) is 0 Å². The van der Waals surface area contributed by atoms with E-state index in [0.29, 0.717) is 36.8 Å². The Morgan fingerprint density at radius 1 is 0.970 bits per heavy atom. The smallest absolute Gasteiger partial charge is 0.260 e. The summed E-state index contributed by atoms with van der Waals surface area (Å²) in [5, 5.41) is 0.730. The Balaban J connectivity index is 0.00000385. The number of nitrogens with zero attached hydrogens (tertiary/aromatic N) is 3. The number of fused-ring (bicyclic) bond motifs is 1. The van der Waals surface area contributed by atoms with Crippen molar-refractivity contribution in [2.75, 3.05) is 45.3 Å². The maximum atomic E-state index is 13.7. The minimum Gasteiger partial charge on any atom is -0.490 e. The van der Waals surface area contributed by atoms with Crippen LogP contribution in [0.5, 0.6) is 11.5 Å². The summed E-state index contributed by atoms with van der Waals surface area (Å²) < 4.78 is 12.5. The molecule has 0 aliphatic heterocycles. The van der Waals surface area contributed by atoms with Gasteiger partial charge in [0, 0.05) is 12.1 Å². The summed E-state index contributed by atoms with van der Waals surface area (Å²) >= 11 is 1.58. The Bertz CT molecular complexity index is 1050. The van der Waals surface area contributed by atoms with Crippen molar-refractivity contribution >= 4 is 45.0 Å². The highest BCUT2D eigenvalue weighted by atomic mass is 35.5. The van der Waals surface area contributed by atoms with Gasteiger partial charge in [0.1, 0.15) is 0 Å². The van der Waals surface area contributed by atoms with E-state index in [1.54, 1.807) is 28.4 Å². The van der Waals surface area contributed by atoms with Crippen LogP contribution < -0.4 is 14.4 Å². The number of aromatic nitrogens is 1. The van der Waals surface area contributed by atoms with Crippen molar-refractivity contribution in [2.45, 2.75) is 34.1 Å². The lowest BCUT2D eigenvalue weighted by atomic mass is 10.1. The second kappa shape index (κ2) is 12.2. The summed E-state index contributed by atoms with van der Waals surface area (Å²) in [5.74, 6) is 1.16. The monoisotopic (exact) mass is 491 g/mol. The molecule has 0 radical (unpaired) electrons. The van der Waals surface area contributed by atoms with Crippen LogP contribution in [0.15, 0.2) is 30.3 Å². The number of carbonyl (C=O) groups is 1. The third-order valence-electron chi connectivity index (χ3n) is 5.18. The van der Waals surface area contributed by atoms with Gasteiger partial charge in [-0.3, -0.25) is 9.69 Å². The number of ether oxygens (including phenoxy) is 2. The zero-order valence-corrected chi connectivity index (χ0v) is 21.9. The first-order valence-corrected chi connectivity index (χ1v) is 11.9. The first-order chi connectivity index (χ1) is 15.3. The van der Waals surface area contributed by atoms with Crippen LogP contribution in [0.25, 0.3) is 10.2 Å². The molecule has 180 valence electrons. The molecule has 3 rings (SSSR count). The highest BCUT2D eigenvalue weighted by Gasteiger charge is 2.23. The molecular weight excluding hydrogens is 458 g/mol. The average molecular weight is 492 g/mol.